The third-order valence-corrected chi connectivity index (χ3v) is 3.64. The van der Waals surface area contributed by atoms with Crippen molar-refractivity contribution in [2.24, 2.45) is 0 Å². The Kier molecular flexibility index (Phi) is 3.05. The van der Waals surface area contributed by atoms with E-state index >= 15 is 0 Å². The Bertz CT molecular complexity index is 549. The van der Waals surface area contributed by atoms with Crippen LogP contribution in [0.3, 0.4) is 0 Å². The first-order chi connectivity index (χ1) is 8.92. The normalized spacial score (nSPS) is 16.5. The molecule has 0 atom stereocenters. The fourth-order valence-electron chi connectivity index (χ4n) is 2.32. The molecule has 0 aliphatic heterocycles. The number of carboxylic acids is 1. The smallest absolute Gasteiger partial charge is 0.314 e. The number of hydrogen-bond donors (Lipinski definition) is 2. The van der Waals surface area contributed by atoms with Crippen molar-refractivity contribution in [3.8, 4) is 11.5 Å². The number of methoxy groups -OCH3 is 1. The number of rotatable bonds is 4. The van der Waals surface area contributed by atoms with E-state index in [-0.39, 0.29) is 5.75 Å². The van der Waals surface area contributed by atoms with E-state index in [2.05, 4.69) is 0 Å². The molecule has 7 heteroatoms. The second kappa shape index (κ2) is 4.42. The summed E-state index contributed by atoms with van der Waals surface area (Å²) >= 11 is 0. The fourth-order valence-corrected chi connectivity index (χ4v) is 2.32. The molecule has 1 aliphatic rings. The zero-order chi connectivity index (χ0) is 14.2. The van der Waals surface area contributed by atoms with Gasteiger partial charge < -0.3 is 14.9 Å². The highest BCUT2D eigenvalue weighted by Gasteiger charge is 2.47. The monoisotopic (exact) mass is 267 g/mol. The highest BCUT2D eigenvalue weighted by molar-refractivity contribution is 5.83. The number of nitrogens with zero attached hydrogens (tertiary/aromatic N) is 1. The molecule has 0 unspecified atom stereocenters. The van der Waals surface area contributed by atoms with Crippen LogP contribution in [0.4, 0.5) is 5.69 Å². The highest BCUT2D eigenvalue weighted by Crippen LogP contribution is 2.48. The van der Waals surface area contributed by atoms with Crippen molar-refractivity contribution >= 4 is 11.7 Å². The number of phenols is 1. The van der Waals surface area contributed by atoms with Gasteiger partial charge in [-0.15, -0.1) is 0 Å². The summed E-state index contributed by atoms with van der Waals surface area (Å²) in [7, 11) is 1.26. The van der Waals surface area contributed by atoms with Crippen molar-refractivity contribution in [1.29, 1.82) is 0 Å². The van der Waals surface area contributed by atoms with Crippen LogP contribution in [0.25, 0.3) is 0 Å². The lowest BCUT2D eigenvalue weighted by Crippen LogP contribution is -2.42. The van der Waals surface area contributed by atoms with E-state index in [1.807, 2.05) is 0 Å². The average molecular weight is 267 g/mol. The predicted octanol–water partition coefficient (Wildman–Crippen LogP) is 1.82. The third kappa shape index (κ3) is 1.87. The Morgan fingerprint density at radius 2 is 2.11 bits per heavy atom. The van der Waals surface area contributed by atoms with Crippen LogP contribution in [0.1, 0.15) is 24.8 Å². The van der Waals surface area contributed by atoms with Gasteiger partial charge >= 0.3 is 11.7 Å². The summed E-state index contributed by atoms with van der Waals surface area (Å²) in [6.07, 6.45) is 1.60. The number of aliphatic carboxylic acids is 1. The number of benzene rings is 1. The molecule has 102 valence electrons. The molecule has 0 bridgehead atoms. The van der Waals surface area contributed by atoms with Gasteiger partial charge in [0, 0.05) is 6.07 Å². The minimum atomic E-state index is -1.11. The van der Waals surface area contributed by atoms with E-state index in [9.17, 15) is 25.1 Å². The molecule has 1 aromatic carbocycles. The summed E-state index contributed by atoms with van der Waals surface area (Å²) < 4.78 is 4.87. The van der Waals surface area contributed by atoms with Crippen LogP contribution in [0.5, 0.6) is 11.5 Å². The first kappa shape index (κ1) is 13.1. The number of carbonyl (C=O) groups is 1. The van der Waals surface area contributed by atoms with Crippen LogP contribution in [0.15, 0.2) is 12.1 Å². The third-order valence-electron chi connectivity index (χ3n) is 3.64. The lowest BCUT2D eigenvalue weighted by Gasteiger charge is -2.38. The summed E-state index contributed by atoms with van der Waals surface area (Å²) in [4.78, 5) is 21.5. The zero-order valence-corrected chi connectivity index (χ0v) is 10.3. The first-order valence-electron chi connectivity index (χ1n) is 5.71. The summed E-state index contributed by atoms with van der Waals surface area (Å²) in [6, 6.07) is 2.47. The molecule has 1 aromatic rings. The Balaban J connectivity index is 2.61. The van der Waals surface area contributed by atoms with Crippen LogP contribution in [0, 0.1) is 10.1 Å². The molecule has 0 saturated heterocycles. The number of ether oxygens (including phenoxy) is 1. The van der Waals surface area contributed by atoms with Crippen LogP contribution in [-0.2, 0) is 10.2 Å². The Hall–Kier alpha value is -2.31. The van der Waals surface area contributed by atoms with Gasteiger partial charge in [-0.05, 0) is 24.5 Å². The van der Waals surface area contributed by atoms with E-state index in [0.717, 1.165) is 12.5 Å². The lowest BCUT2D eigenvalue weighted by atomic mass is 9.64. The summed E-state index contributed by atoms with van der Waals surface area (Å²) in [5.41, 5.74) is -1.35. The lowest BCUT2D eigenvalue weighted by molar-refractivity contribution is -0.386. The van der Waals surface area contributed by atoms with Gasteiger partial charge in [0.15, 0.2) is 5.75 Å². The average Bonchev–Trinajstić information content (AvgIpc) is 2.28. The number of nitro groups is 1. The van der Waals surface area contributed by atoms with Gasteiger partial charge in [0.25, 0.3) is 0 Å². The number of nitro benzene ring substituents is 1. The van der Waals surface area contributed by atoms with Gasteiger partial charge in [-0.1, -0.05) is 6.42 Å². The molecule has 0 amide bonds. The highest BCUT2D eigenvalue weighted by atomic mass is 16.6. The van der Waals surface area contributed by atoms with Crippen molar-refractivity contribution in [1.82, 2.24) is 0 Å². The molecule has 1 fully saturated rings. The summed E-state index contributed by atoms with van der Waals surface area (Å²) in [6.45, 7) is 0. The SMILES string of the molecule is COc1cc(C2(C(=O)O)CCC2)cc([N+](=O)[O-])c1O. The number of carboxylic acid groups (broad SMARTS) is 1. The van der Waals surface area contributed by atoms with Gasteiger partial charge in [0.2, 0.25) is 5.75 Å². The summed E-state index contributed by atoms with van der Waals surface area (Å²) in [5.74, 6) is -1.69. The van der Waals surface area contributed by atoms with Gasteiger partial charge in [-0.3, -0.25) is 14.9 Å². The summed E-state index contributed by atoms with van der Waals surface area (Å²) in [5, 5.41) is 29.9. The second-order valence-corrected chi connectivity index (χ2v) is 4.54. The first-order valence-corrected chi connectivity index (χ1v) is 5.71. The van der Waals surface area contributed by atoms with E-state index in [4.69, 9.17) is 4.74 Å². The minimum Gasteiger partial charge on any atom is -0.500 e. The molecule has 2 N–H and O–H groups in total. The molecule has 0 aromatic heterocycles. The standard InChI is InChI=1S/C12H13NO6/c1-19-9-6-7(5-8(10(9)14)13(17)18)12(11(15)16)3-2-4-12/h5-6,14H,2-4H2,1H3,(H,15,16). The maximum atomic E-state index is 11.4. The van der Waals surface area contributed by atoms with Crippen LogP contribution < -0.4 is 4.74 Å². The second-order valence-electron chi connectivity index (χ2n) is 4.54. The molecule has 2 rings (SSSR count). The topological polar surface area (TPSA) is 110 Å². The van der Waals surface area contributed by atoms with Crippen molar-refractivity contribution < 1.29 is 24.7 Å². The molecule has 1 saturated carbocycles. The Morgan fingerprint density at radius 3 is 2.47 bits per heavy atom. The Labute approximate surface area is 108 Å². The molecule has 0 radical (unpaired) electrons. The molecular weight excluding hydrogens is 254 g/mol. The zero-order valence-electron chi connectivity index (χ0n) is 10.3. The van der Waals surface area contributed by atoms with Crippen LogP contribution in [0.2, 0.25) is 0 Å². The van der Waals surface area contributed by atoms with Gasteiger partial charge in [-0.2, -0.15) is 0 Å². The Morgan fingerprint density at radius 1 is 1.47 bits per heavy atom. The van der Waals surface area contributed by atoms with E-state index in [1.54, 1.807) is 0 Å². The number of hydrogen-bond acceptors (Lipinski definition) is 5. The molecule has 0 spiro atoms. The predicted molar refractivity (Wildman–Crippen MR) is 64.5 cm³/mol. The van der Waals surface area contributed by atoms with Gasteiger partial charge in [0.1, 0.15) is 0 Å². The quantitative estimate of drug-likeness (QED) is 0.636. The molecule has 0 heterocycles. The van der Waals surface area contributed by atoms with Crippen molar-refractivity contribution in [3.63, 3.8) is 0 Å². The largest absolute Gasteiger partial charge is 0.500 e. The maximum Gasteiger partial charge on any atom is 0.314 e. The van der Waals surface area contributed by atoms with Crippen LogP contribution >= 0.6 is 0 Å². The number of aromatic hydroxyl groups is 1. The van der Waals surface area contributed by atoms with Crippen molar-refractivity contribution in [3.05, 3.63) is 27.8 Å². The van der Waals surface area contributed by atoms with Gasteiger partial charge in [0.05, 0.1) is 17.4 Å². The van der Waals surface area contributed by atoms with Crippen molar-refractivity contribution in [2.45, 2.75) is 24.7 Å². The maximum absolute atomic E-state index is 11.4. The minimum absolute atomic E-state index is 0.0864. The van der Waals surface area contributed by atoms with E-state index in [0.29, 0.717) is 18.4 Å². The molecule has 19 heavy (non-hydrogen) atoms. The number of phenolic OH excluding ortho intramolecular Hbond substituents is 1. The molecular formula is C12H13NO6. The molecule has 1 aliphatic carbocycles. The van der Waals surface area contributed by atoms with E-state index in [1.165, 1.54) is 13.2 Å². The van der Waals surface area contributed by atoms with Crippen molar-refractivity contribution in [2.75, 3.05) is 7.11 Å². The molecule has 7 nitrogen and oxygen atoms in total. The van der Waals surface area contributed by atoms with Crippen LogP contribution in [-0.4, -0.2) is 28.2 Å². The van der Waals surface area contributed by atoms with E-state index < -0.39 is 27.7 Å². The van der Waals surface area contributed by atoms with Gasteiger partial charge in [-0.25, -0.2) is 0 Å². The fraction of sp³-hybridized carbons (Fsp3) is 0.417.